The largest absolute Gasteiger partial charge is 0.423 e. The summed E-state index contributed by atoms with van der Waals surface area (Å²) < 4.78 is 11.5. The molecule has 3 saturated heterocycles. The molecule has 11 heteroatoms. The smallest absolute Gasteiger partial charge is 0.272 e. The first-order valence-corrected chi connectivity index (χ1v) is 12.4. The molecular weight excluding hydrogens is 450 g/mol. The molecule has 0 N–H and O–H groups in total. The van der Waals surface area contributed by atoms with E-state index in [1.165, 1.54) is 6.33 Å². The maximum atomic E-state index is 13.1. The number of amides is 2. The minimum absolute atomic E-state index is 0.00906. The lowest BCUT2D eigenvalue weighted by Crippen LogP contribution is -2.47. The summed E-state index contributed by atoms with van der Waals surface area (Å²) in [6.45, 7) is 8.85. The zero-order valence-corrected chi connectivity index (χ0v) is 20.4. The fourth-order valence-corrected chi connectivity index (χ4v) is 5.38. The van der Waals surface area contributed by atoms with E-state index < -0.39 is 0 Å². The number of carbonyl (C=O) groups excluding carboxylic acids is 2. The van der Waals surface area contributed by atoms with Crippen molar-refractivity contribution in [2.75, 3.05) is 52.5 Å². The van der Waals surface area contributed by atoms with Crippen LogP contribution in [0.5, 0.6) is 0 Å². The number of hydrogen-bond acceptors (Lipinski definition) is 9. The molecule has 5 heterocycles. The van der Waals surface area contributed by atoms with Crippen molar-refractivity contribution in [2.45, 2.75) is 45.1 Å². The lowest BCUT2D eigenvalue weighted by atomic mass is 9.76. The van der Waals surface area contributed by atoms with Gasteiger partial charge in [0, 0.05) is 44.8 Å². The van der Waals surface area contributed by atoms with Crippen LogP contribution in [0.25, 0.3) is 0 Å². The van der Waals surface area contributed by atoms with Gasteiger partial charge in [-0.1, -0.05) is 13.8 Å². The molecule has 11 nitrogen and oxygen atoms in total. The van der Waals surface area contributed by atoms with Gasteiger partial charge in [-0.15, -0.1) is 10.2 Å². The van der Waals surface area contributed by atoms with Gasteiger partial charge in [-0.2, -0.15) is 0 Å². The van der Waals surface area contributed by atoms with Gasteiger partial charge in [-0.3, -0.25) is 14.5 Å². The predicted octanol–water partition coefficient (Wildman–Crippen LogP) is 1.51. The number of morpholine rings is 1. The van der Waals surface area contributed by atoms with Crippen molar-refractivity contribution in [3.05, 3.63) is 36.1 Å². The first kappa shape index (κ1) is 23.8. The first-order valence-electron chi connectivity index (χ1n) is 12.4. The molecule has 1 spiro atoms. The number of nitrogens with zero attached hydrogens (tertiary/aromatic N) is 7. The fourth-order valence-electron chi connectivity index (χ4n) is 5.38. The van der Waals surface area contributed by atoms with E-state index in [-0.39, 0.29) is 29.2 Å². The third-order valence-electron chi connectivity index (χ3n) is 7.46. The summed E-state index contributed by atoms with van der Waals surface area (Å²) in [4.78, 5) is 39.9. The van der Waals surface area contributed by atoms with Gasteiger partial charge in [0.2, 0.25) is 17.7 Å². The highest BCUT2D eigenvalue weighted by Crippen LogP contribution is 2.49. The molecule has 0 aromatic carbocycles. The van der Waals surface area contributed by atoms with Crippen molar-refractivity contribution >= 4 is 11.8 Å². The van der Waals surface area contributed by atoms with E-state index in [0.29, 0.717) is 63.4 Å². The number of aromatic nitrogens is 4. The molecule has 1 atom stereocenters. The molecular formula is C24H33N7O4. The van der Waals surface area contributed by atoms with E-state index in [0.717, 1.165) is 25.8 Å². The molecule has 0 bridgehead atoms. The van der Waals surface area contributed by atoms with Gasteiger partial charge in [-0.05, 0) is 30.7 Å². The van der Waals surface area contributed by atoms with Crippen LogP contribution in [0.3, 0.4) is 0 Å². The summed E-state index contributed by atoms with van der Waals surface area (Å²) in [6, 6.07) is 1.54. The maximum absolute atomic E-state index is 13.1. The zero-order valence-electron chi connectivity index (χ0n) is 20.4. The van der Waals surface area contributed by atoms with Gasteiger partial charge in [-0.25, -0.2) is 9.97 Å². The van der Waals surface area contributed by atoms with Gasteiger partial charge in [0.05, 0.1) is 25.8 Å². The molecule has 1 unspecified atom stereocenters. The third-order valence-corrected chi connectivity index (χ3v) is 7.46. The fraction of sp³-hybridized carbons (Fsp3) is 0.667. The molecule has 0 radical (unpaired) electrons. The lowest BCUT2D eigenvalue weighted by Gasteiger charge is -2.39. The Labute approximate surface area is 204 Å². The highest BCUT2D eigenvalue weighted by molar-refractivity contribution is 5.92. The van der Waals surface area contributed by atoms with Crippen LogP contribution in [0.2, 0.25) is 0 Å². The van der Waals surface area contributed by atoms with Gasteiger partial charge in [0.25, 0.3) is 5.91 Å². The topological polar surface area (TPSA) is 118 Å². The van der Waals surface area contributed by atoms with E-state index in [1.807, 2.05) is 23.6 Å². The molecule has 188 valence electrons. The minimum atomic E-state index is -0.107. The number of piperidine rings is 1. The number of ether oxygens (including phenoxy) is 1. The van der Waals surface area contributed by atoms with E-state index >= 15 is 0 Å². The van der Waals surface area contributed by atoms with E-state index in [1.54, 1.807) is 12.3 Å². The Bertz CT molecular complexity index is 1030. The number of likely N-dealkylation sites (tertiary alicyclic amines) is 2. The third kappa shape index (κ3) is 5.06. The van der Waals surface area contributed by atoms with E-state index in [2.05, 4.69) is 25.1 Å². The molecule has 5 rings (SSSR count). The van der Waals surface area contributed by atoms with Crippen molar-refractivity contribution in [1.82, 2.24) is 34.9 Å². The number of hydrogen-bond donors (Lipinski definition) is 0. The van der Waals surface area contributed by atoms with Crippen molar-refractivity contribution in [3.63, 3.8) is 0 Å². The number of carbonyl (C=O) groups is 2. The highest BCUT2D eigenvalue weighted by Gasteiger charge is 2.49. The van der Waals surface area contributed by atoms with Gasteiger partial charge < -0.3 is 19.0 Å². The summed E-state index contributed by atoms with van der Waals surface area (Å²) in [5.74, 6) is 1.39. The molecule has 0 saturated carbocycles. The quantitative estimate of drug-likeness (QED) is 0.623. The van der Waals surface area contributed by atoms with E-state index in [9.17, 15) is 9.59 Å². The molecule has 0 aliphatic carbocycles. The molecule has 2 aromatic rings. The molecule has 2 aromatic heterocycles. The van der Waals surface area contributed by atoms with Crippen LogP contribution >= 0.6 is 0 Å². The van der Waals surface area contributed by atoms with E-state index in [4.69, 9.17) is 9.15 Å². The highest BCUT2D eigenvalue weighted by atomic mass is 16.5. The first-order chi connectivity index (χ1) is 16.9. The predicted molar refractivity (Wildman–Crippen MR) is 124 cm³/mol. The average molecular weight is 484 g/mol. The Morgan fingerprint density at radius 1 is 1.11 bits per heavy atom. The Kier molecular flexibility index (Phi) is 6.79. The maximum Gasteiger partial charge on any atom is 0.272 e. The van der Waals surface area contributed by atoms with Crippen LogP contribution in [-0.4, -0.2) is 99.2 Å². The Morgan fingerprint density at radius 3 is 2.54 bits per heavy atom. The second kappa shape index (κ2) is 9.98. The summed E-state index contributed by atoms with van der Waals surface area (Å²) in [5.41, 5.74) is 0.412. The van der Waals surface area contributed by atoms with Gasteiger partial charge in [0.1, 0.15) is 12.0 Å². The Balaban J connectivity index is 1.30. The van der Waals surface area contributed by atoms with Gasteiger partial charge >= 0.3 is 0 Å². The summed E-state index contributed by atoms with van der Waals surface area (Å²) >= 11 is 0. The van der Waals surface area contributed by atoms with Crippen LogP contribution in [0, 0.1) is 5.41 Å². The lowest BCUT2D eigenvalue weighted by molar-refractivity contribution is -0.136. The monoisotopic (exact) mass is 483 g/mol. The van der Waals surface area contributed by atoms with Crippen molar-refractivity contribution in [3.8, 4) is 0 Å². The molecule has 3 aliphatic rings. The van der Waals surface area contributed by atoms with Crippen molar-refractivity contribution in [1.29, 1.82) is 0 Å². The average Bonchev–Trinajstić information content (AvgIpc) is 3.51. The van der Waals surface area contributed by atoms with Crippen molar-refractivity contribution in [2.24, 2.45) is 5.41 Å². The second-order valence-electron chi connectivity index (χ2n) is 10.1. The molecule has 3 aliphatic heterocycles. The van der Waals surface area contributed by atoms with Crippen LogP contribution in [-0.2, 0) is 9.53 Å². The number of rotatable bonds is 5. The second-order valence-corrected chi connectivity index (χ2v) is 10.1. The van der Waals surface area contributed by atoms with Crippen LogP contribution in [0.1, 0.15) is 67.3 Å². The van der Waals surface area contributed by atoms with Crippen LogP contribution in [0.15, 0.2) is 23.0 Å². The summed E-state index contributed by atoms with van der Waals surface area (Å²) in [5, 5.41) is 8.61. The SMILES string of the molecule is CC(C)c1nnc(C2CC3(CCN(C(=O)c4ccncn4)CC3)CN2CC(=O)N2CCOCC2)o1. The molecule has 3 fully saturated rings. The summed E-state index contributed by atoms with van der Waals surface area (Å²) in [7, 11) is 0. The Hall–Kier alpha value is -2.92. The van der Waals surface area contributed by atoms with Crippen molar-refractivity contribution < 1.29 is 18.7 Å². The van der Waals surface area contributed by atoms with Crippen LogP contribution < -0.4 is 0 Å². The normalized spacial score (nSPS) is 22.8. The standard InChI is InChI=1S/C24H33N7O4/c1-17(2)21-27-28-22(35-21)19-13-24(15-31(19)14-20(32)29-9-11-34-12-10-29)4-7-30(8-5-24)23(33)18-3-6-25-16-26-18/h3,6,16-17,19H,4-5,7-15H2,1-2H3. The minimum Gasteiger partial charge on any atom is -0.423 e. The Morgan fingerprint density at radius 2 is 1.89 bits per heavy atom. The van der Waals surface area contributed by atoms with Gasteiger partial charge in [0.15, 0.2) is 0 Å². The molecule has 2 amide bonds. The van der Waals surface area contributed by atoms with Crippen LogP contribution in [0.4, 0.5) is 0 Å². The zero-order chi connectivity index (χ0) is 24.4. The summed E-state index contributed by atoms with van der Waals surface area (Å²) in [6.07, 6.45) is 5.53. The molecule has 35 heavy (non-hydrogen) atoms.